The summed E-state index contributed by atoms with van der Waals surface area (Å²) in [5.41, 5.74) is 2.24. The monoisotopic (exact) mass is 482 g/mol. The lowest BCUT2D eigenvalue weighted by atomic mass is 9.89. The number of ether oxygens (including phenoxy) is 4. The van der Waals surface area contributed by atoms with E-state index in [0.29, 0.717) is 49.9 Å². The van der Waals surface area contributed by atoms with Crippen LogP contribution in [0.25, 0.3) is 22.2 Å². The highest BCUT2D eigenvalue weighted by atomic mass is 19.1. The third-order valence-electron chi connectivity index (χ3n) is 6.91. The van der Waals surface area contributed by atoms with Gasteiger partial charge in [0.2, 0.25) is 5.91 Å². The highest BCUT2D eigenvalue weighted by Gasteiger charge is 2.45. The van der Waals surface area contributed by atoms with Gasteiger partial charge in [-0.3, -0.25) is 4.79 Å². The molecule has 1 spiro atoms. The maximum atomic E-state index is 14.5. The number of rotatable bonds is 6. The zero-order chi connectivity index (χ0) is 24.0. The van der Waals surface area contributed by atoms with Crippen molar-refractivity contribution >= 4 is 22.6 Å². The number of aromatic amines is 1. The number of alkyl halides is 1. The van der Waals surface area contributed by atoms with Gasteiger partial charge in [-0.15, -0.1) is 0 Å². The predicted octanol–water partition coefficient (Wildman–Crippen LogP) is 3.28. The minimum Gasteiger partial charge on any atom is -0.493 e. The highest BCUT2D eigenvalue weighted by molar-refractivity contribution is 5.97. The fourth-order valence-electron chi connectivity index (χ4n) is 4.99. The van der Waals surface area contributed by atoms with Gasteiger partial charge in [0, 0.05) is 61.6 Å². The topological polar surface area (TPSA) is 108 Å². The van der Waals surface area contributed by atoms with E-state index in [-0.39, 0.29) is 32.1 Å². The number of nitrogens with zero attached hydrogens (tertiary/aromatic N) is 2. The number of carbonyl (C=O) groups excluding carboxylic acids is 1. The van der Waals surface area contributed by atoms with Gasteiger partial charge >= 0.3 is 0 Å². The van der Waals surface area contributed by atoms with Crippen LogP contribution in [0.4, 0.5) is 10.2 Å². The number of H-pyrrole nitrogens is 1. The Bertz CT molecular complexity index is 1280. The first-order chi connectivity index (χ1) is 16.9. The molecule has 6 heterocycles. The Balaban J connectivity index is 1.42. The summed E-state index contributed by atoms with van der Waals surface area (Å²) in [5, 5.41) is 3.59. The number of halogens is 1. The molecule has 2 fully saturated rings. The SMILES string of the molecule is CC(=O)Nc1cc2c(-c3cc(OCCC4(F)COC4)c4c(n3)C3(CCOC3)OCC4)c[nH]c2cn1. The van der Waals surface area contributed by atoms with Crippen molar-refractivity contribution in [3.8, 4) is 17.0 Å². The molecule has 0 aromatic carbocycles. The van der Waals surface area contributed by atoms with E-state index in [0.717, 1.165) is 27.7 Å². The first-order valence-electron chi connectivity index (χ1n) is 11.9. The maximum Gasteiger partial charge on any atom is 0.222 e. The molecular weight excluding hydrogens is 455 g/mol. The molecule has 0 radical (unpaired) electrons. The summed E-state index contributed by atoms with van der Waals surface area (Å²) in [6.45, 7) is 3.50. The largest absolute Gasteiger partial charge is 0.493 e. The Kier molecular flexibility index (Phi) is 5.46. The number of anilines is 1. The minimum atomic E-state index is -1.32. The second-order valence-corrected chi connectivity index (χ2v) is 9.47. The molecule has 3 aromatic heterocycles. The average Bonchev–Trinajstić information content (AvgIpc) is 3.45. The highest BCUT2D eigenvalue weighted by Crippen LogP contribution is 2.44. The first kappa shape index (κ1) is 22.4. The first-order valence-corrected chi connectivity index (χ1v) is 11.9. The van der Waals surface area contributed by atoms with Gasteiger partial charge in [0.25, 0.3) is 0 Å². The van der Waals surface area contributed by atoms with Gasteiger partial charge in [0.15, 0.2) is 5.67 Å². The summed E-state index contributed by atoms with van der Waals surface area (Å²) in [6, 6.07) is 3.73. The van der Waals surface area contributed by atoms with E-state index in [1.165, 1.54) is 6.92 Å². The molecule has 6 rings (SSSR count). The van der Waals surface area contributed by atoms with E-state index >= 15 is 0 Å². The van der Waals surface area contributed by atoms with Gasteiger partial charge in [-0.05, 0) is 6.07 Å². The summed E-state index contributed by atoms with van der Waals surface area (Å²) in [4.78, 5) is 24.1. The molecule has 3 aromatic rings. The molecule has 35 heavy (non-hydrogen) atoms. The van der Waals surface area contributed by atoms with Crippen LogP contribution >= 0.6 is 0 Å². The molecule has 0 aliphatic carbocycles. The second-order valence-electron chi connectivity index (χ2n) is 9.47. The van der Waals surface area contributed by atoms with E-state index in [4.69, 9.17) is 23.9 Å². The molecule has 1 amide bonds. The Morgan fingerprint density at radius 2 is 2.14 bits per heavy atom. The third kappa shape index (κ3) is 4.05. The summed E-state index contributed by atoms with van der Waals surface area (Å²) in [6.07, 6.45) is 5.19. The van der Waals surface area contributed by atoms with E-state index in [1.54, 1.807) is 6.20 Å². The summed E-state index contributed by atoms with van der Waals surface area (Å²) in [5.74, 6) is 0.952. The molecule has 10 heteroatoms. The Morgan fingerprint density at radius 1 is 1.26 bits per heavy atom. The number of nitrogens with one attached hydrogen (secondary N) is 2. The van der Waals surface area contributed by atoms with Gasteiger partial charge in [-0.25, -0.2) is 14.4 Å². The van der Waals surface area contributed by atoms with E-state index in [1.807, 2.05) is 18.3 Å². The Morgan fingerprint density at radius 3 is 2.89 bits per heavy atom. The maximum absolute atomic E-state index is 14.5. The van der Waals surface area contributed by atoms with Gasteiger partial charge in [0.1, 0.15) is 17.2 Å². The molecule has 1 unspecified atom stereocenters. The Labute approximate surface area is 201 Å². The summed E-state index contributed by atoms with van der Waals surface area (Å²) in [7, 11) is 0. The van der Waals surface area contributed by atoms with E-state index in [9.17, 15) is 9.18 Å². The molecule has 3 aliphatic heterocycles. The standard InChI is InChI=1S/C25H27FN4O5/c1-15(31)29-22-8-17-18(10-27-20(17)11-28-22)19-9-21(34-7-3-24(26)12-33-13-24)16-2-5-35-25(23(16)30-19)4-6-32-14-25/h8-11,27H,2-7,12-14H2,1H3,(H,28,29,31). The van der Waals surface area contributed by atoms with Crippen LogP contribution in [0, 0.1) is 0 Å². The van der Waals surface area contributed by atoms with E-state index in [2.05, 4.69) is 15.3 Å². The number of fused-ring (bicyclic) bond motifs is 3. The van der Waals surface area contributed by atoms with Crippen LogP contribution in [-0.4, -0.2) is 66.2 Å². The van der Waals surface area contributed by atoms with Gasteiger partial charge in [-0.2, -0.15) is 0 Å². The van der Waals surface area contributed by atoms with Crippen LogP contribution in [0.2, 0.25) is 0 Å². The van der Waals surface area contributed by atoms with Crippen molar-refractivity contribution in [3.05, 3.63) is 35.8 Å². The molecule has 1 atom stereocenters. The number of hydrogen-bond donors (Lipinski definition) is 2. The smallest absolute Gasteiger partial charge is 0.222 e. The molecule has 184 valence electrons. The number of carbonyl (C=O) groups is 1. The lowest BCUT2D eigenvalue weighted by Gasteiger charge is -2.35. The molecule has 0 saturated carbocycles. The lowest BCUT2D eigenvalue weighted by molar-refractivity contribution is -0.136. The normalized spacial score (nSPS) is 22.7. The van der Waals surface area contributed by atoms with Gasteiger partial charge in [-0.1, -0.05) is 0 Å². The fourth-order valence-corrected chi connectivity index (χ4v) is 4.99. The van der Waals surface area contributed by atoms with Crippen molar-refractivity contribution in [2.24, 2.45) is 0 Å². The van der Waals surface area contributed by atoms with Crippen molar-refractivity contribution in [2.45, 2.75) is 37.5 Å². The molecule has 0 bridgehead atoms. The van der Waals surface area contributed by atoms with Crippen LogP contribution in [0.1, 0.15) is 31.0 Å². The van der Waals surface area contributed by atoms with Crippen molar-refractivity contribution in [1.29, 1.82) is 0 Å². The van der Waals surface area contributed by atoms with Crippen molar-refractivity contribution in [1.82, 2.24) is 15.0 Å². The summed E-state index contributed by atoms with van der Waals surface area (Å²) < 4.78 is 37.7. The zero-order valence-corrected chi connectivity index (χ0v) is 19.5. The molecule has 9 nitrogen and oxygen atoms in total. The van der Waals surface area contributed by atoms with Gasteiger partial charge in [0.05, 0.1) is 56.1 Å². The van der Waals surface area contributed by atoms with Crippen LogP contribution in [0.3, 0.4) is 0 Å². The van der Waals surface area contributed by atoms with Crippen molar-refractivity contribution in [3.63, 3.8) is 0 Å². The zero-order valence-electron chi connectivity index (χ0n) is 19.5. The van der Waals surface area contributed by atoms with Crippen molar-refractivity contribution < 1.29 is 28.1 Å². The number of amides is 1. The quantitative estimate of drug-likeness (QED) is 0.555. The van der Waals surface area contributed by atoms with Gasteiger partial charge < -0.3 is 29.2 Å². The lowest BCUT2D eigenvalue weighted by Crippen LogP contribution is -2.46. The summed E-state index contributed by atoms with van der Waals surface area (Å²) >= 11 is 0. The van der Waals surface area contributed by atoms with Crippen molar-refractivity contribution in [2.75, 3.05) is 45.0 Å². The molecule has 3 aliphatic rings. The number of aromatic nitrogens is 3. The molecule has 2 N–H and O–H groups in total. The average molecular weight is 483 g/mol. The fraction of sp³-hybridized carbons (Fsp3) is 0.480. The molecule has 2 saturated heterocycles. The van der Waals surface area contributed by atoms with Crippen LogP contribution < -0.4 is 10.1 Å². The Hall–Kier alpha value is -3.08. The van der Waals surface area contributed by atoms with Crippen LogP contribution in [0.5, 0.6) is 5.75 Å². The second kappa shape index (κ2) is 8.54. The number of pyridine rings is 2. The van der Waals surface area contributed by atoms with Crippen LogP contribution in [0.15, 0.2) is 24.5 Å². The van der Waals surface area contributed by atoms with E-state index < -0.39 is 11.3 Å². The number of hydrogen-bond acceptors (Lipinski definition) is 7. The molecular formula is C25H27FN4O5. The minimum absolute atomic E-state index is 0.115. The third-order valence-corrected chi connectivity index (χ3v) is 6.91. The van der Waals surface area contributed by atoms with Crippen LogP contribution in [-0.2, 0) is 31.0 Å². The predicted molar refractivity (Wildman–Crippen MR) is 125 cm³/mol.